The van der Waals surface area contributed by atoms with Crippen molar-refractivity contribution in [3.63, 3.8) is 0 Å². The molecule has 2 aliphatic rings. The molecule has 9 heteroatoms. The van der Waals surface area contributed by atoms with Crippen LogP contribution >= 0.6 is 0 Å². The van der Waals surface area contributed by atoms with Crippen LogP contribution in [0, 0.1) is 6.92 Å². The van der Waals surface area contributed by atoms with Crippen molar-refractivity contribution >= 4 is 34.1 Å². The number of aromatic amines is 1. The number of nitrogens with one attached hydrogen (secondary N) is 3. The normalized spacial score (nSPS) is 16.1. The SMILES string of the molecule is Cc1c[nH]c2nccc(-c3ncc(Nc4ccc(N5CCN(C)CC5)cn4)c4c3CNC4=O)c12. The molecule has 1 fully saturated rings. The van der Waals surface area contributed by atoms with Crippen molar-refractivity contribution < 1.29 is 4.79 Å². The maximum atomic E-state index is 12.8. The molecule has 6 heterocycles. The number of piperazine rings is 1. The summed E-state index contributed by atoms with van der Waals surface area (Å²) in [7, 11) is 2.15. The molecule has 0 radical (unpaired) electrons. The van der Waals surface area contributed by atoms with Gasteiger partial charge in [0.05, 0.1) is 35.0 Å². The molecule has 0 atom stereocenters. The quantitative estimate of drug-likeness (QED) is 0.436. The van der Waals surface area contributed by atoms with Crippen LogP contribution < -0.4 is 15.5 Å². The Morgan fingerprint density at radius 3 is 2.68 bits per heavy atom. The summed E-state index contributed by atoms with van der Waals surface area (Å²) in [4.78, 5) is 34.5. The molecule has 3 N–H and O–H groups in total. The van der Waals surface area contributed by atoms with Gasteiger partial charge in [0.2, 0.25) is 0 Å². The Morgan fingerprint density at radius 1 is 1.03 bits per heavy atom. The molecule has 9 nitrogen and oxygen atoms in total. The van der Waals surface area contributed by atoms with Crippen LogP contribution in [0.25, 0.3) is 22.3 Å². The van der Waals surface area contributed by atoms with E-state index in [0.717, 1.165) is 65.3 Å². The third-order valence-corrected chi connectivity index (χ3v) is 6.74. The predicted octanol–water partition coefficient (Wildman–Crippen LogP) is 3.07. The summed E-state index contributed by atoms with van der Waals surface area (Å²) in [5, 5.41) is 7.30. The topological polar surface area (TPSA) is 102 Å². The molecule has 1 amide bonds. The molecule has 172 valence electrons. The molecule has 0 unspecified atom stereocenters. The molecular formula is C25H26N8O. The number of hydrogen-bond donors (Lipinski definition) is 3. The van der Waals surface area contributed by atoms with Crippen molar-refractivity contribution in [1.29, 1.82) is 0 Å². The second-order valence-electron chi connectivity index (χ2n) is 8.93. The first kappa shape index (κ1) is 20.6. The lowest BCUT2D eigenvalue weighted by Gasteiger charge is -2.33. The number of aromatic nitrogens is 4. The van der Waals surface area contributed by atoms with Gasteiger partial charge in [-0.3, -0.25) is 9.78 Å². The first-order chi connectivity index (χ1) is 16.6. The fourth-order valence-corrected chi connectivity index (χ4v) is 4.83. The Bertz CT molecular complexity index is 1390. The molecule has 6 rings (SSSR count). The smallest absolute Gasteiger partial charge is 0.254 e. The lowest BCUT2D eigenvalue weighted by molar-refractivity contribution is 0.0966. The van der Waals surface area contributed by atoms with Crippen LogP contribution in [0.15, 0.2) is 43.0 Å². The summed E-state index contributed by atoms with van der Waals surface area (Å²) in [6, 6.07) is 5.99. The van der Waals surface area contributed by atoms with E-state index in [0.29, 0.717) is 23.6 Å². The number of fused-ring (bicyclic) bond motifs is 2. The number of rotatable bonds is 4. The van der Waals surface area contributed by atoms with Crippen LogP contribution in [-0.2, 0) is 6.54 Å². The number of pyridine rings is 3. The van der Waals surface area contributed by atoms with Crippen LogP contribution in [0.4, 0.5) is 17.2 Å². The Kier molecular flexibility index (Phi) is 4.91. The zero-order valence-corrected chi connectivity index (χ0v) is 19.2. The van der Waals surface area contributed by atoms with E-state index in [1.54, 1.807) is 12.4 Å². The number of likely N-dealkylation sites (N-methyl/N-ethyl adjacent to an activating group) is 1. The Morgan fingerprint density at radius 2 is 1.88 bits per heavy atom. The van der Waals surface area contributed by atoms with E-state index in [-0.39, 0.29) is 5.91 Å². The zero-order chi connectivity index (χ0) is 23.2. The molecule has 34 heavy (non-hydrogen) atoms. The van der Waals surface area contributed by atoms with Crippen molar-refractivity contribution in [3.05, 3.63) is 59.7 Å². The largest absolute Gasteiger partial charge is 0.368 e. The molecule has 4 aromatic heterocycles. The Balaban J connectivity index is 1.33. The third kappa shape index (κ3) is 3.45. The van der Waals surface area contributed by atoms with E-state index >= 15 is 0 Å². The van der Waals surface area contributed by atoms with E-state index in [9.17, 15) is 4.79 Å². The first-order valence-electron chi connectivity index (χ1n) is 11.5. The predicted molar refractivity (Wildman–Crippen MR) is 132 cm³/mol. The van der Waals surface area contributed by atoms with Gasteiger partial charge in [-0.1, -0.05) is 0 Å². The van der Waals surface area contributed by atoms with E-state index in [2.05, 4.69) is 48.5 Å². The Labute approximate surface area is 197 Å². The van der Waals surface area contributed by atoms with Gasteiger partial charge in [0.1, 0.15) is 11.5 Å². The summed E-state index contributed by atoms with van der Waals surface area (Å²) in [6.45, 7) is 6.56. The molecule has 2 aliphatic heterocycles. The first-order valence-corrected chi connectivity index (χ1v) is 11.5. The maximum Gasteiger partial charge on any atom is 0.254 e. The highest BCUT2D eigenvalue weighted by atomic mass is 16.1. The number of carbonyl (C=O) groups is 1. The highest BCUT2D eigenvalue weighted by Crippen LogP contribution is 2.36. The number of amides is 1. The van der Waals surface area contributed by atoms with Crippen molar-refractivity contribution in [1.82, 2.24) is 30.2 Å². The number of hydrogen-bond acceptors (Lipinski definition) is 7. The summed E-state index contributed by atoms with van der Waals surface area (Å²) in [5.41, 5.74) is 6.95. The monoisotopic (exact) mass is 454 g/mol. The minimum Gasteiger partial charge on any atom is -0.368 e. The summed E-state index contributed by atoms with van der Waals surface area (Å²) in [5.74, 6) is 0.577. The Hall–Kier alpha value is -3.98. The number of H-pyrrole nitrogens is 1. The minimum absolute atomic E-state index is 0.105. The average molecular weight is 455 g/mol. The van der Waals surface area contributed by atoms with Crippen LogP contribution in [-0.4, -0.2) is 64.0 Å². The van der Waals surface area contributed by atoms with Gasteiger partial charge in [0, 0.05) is 61.6 Å². The van der Waals surface area contributed by atoms with Gasteiger partial charge in [0.15, 0.2) is 0 Å². The molecular weight excluding hydrogens is 428 g/mol. The van der Waals surface area contributed by atoms with Crippen LogP contribution in [0.1, 0.15) is 21.5 Å². The lowest BCUT2D eigenvalue weighted by Crippen LogP contribution is -2.44. The van der Waals surface area contributed by atoms with Gasteiger partial charge in [-0.25, -0.2) is 9.97 Å². The van der Waals surface area contributed by atoms with Crippen molar-refractivity contribution in [2.45, 2.75) is 13.5 Å². The second-order valence-corrected chi connectivity index (χ2v) is 8.93. The van der Waals surface area contributed by atoms with Crippen LogP contribution in [0.3, 0.4) is 0 Å². The number of anilines is 3. The van der Waals surface area contributed by atoms with E-state index < -0.39 is 0 Å². The van der Waals surface area contributed by atoms with E-state index in [4.69, 9.17) is 4.98 Å². The second kappa shape index (κ2) is 8.11. The third-order valence-electron chi connectivity index (χ3n) is 6.74. The molecule has 0 saturated carbocycles. The van der Waals surface area contributed by atoms with E-state index in [1.165, 1.54) is 0 Å². The standard InChI is InChI=1S/C25H26N8O/c1-15-11-29-24-21(15)17(5-6-26-24)23-18-13-30-25(34)22(18)19(14-28-23)31-20-4-3-16(12-27-20)33-9-7-32(2)8-10-33/h3-6,11-12,14H,7-10,13H2,1-2H3,(H,26,29)(H,27,31)(H,30,34). The summed E-state index contributed by atoms with van der Waals surface area (Å²) in [6.07, 6.45) is 7.32. The van der Waals surface area contributed by atoms with Crippen LogP contribution in [0.5, 0.6) is 0 Å². The van der Waals surface area contributed by atoms with Gasteiger partial charge in [-0.05, 0) is 37.7 Å². The highest BCUT2D eigenvalue weighted by Gasteiger charge is 2.28. The van der Waals surface area contributed by atoms with Crippen LogP contribution in [0.2, 0.25) is 0 Å². The summed E-state index contributed by atoms with van der Waals surface area (Å²) >= 11 is 0. The van der Waals surface area contributed by atoms with Gasteiger partial charge < -0.3 is 25.4 Å². The zero-order valence-electron chi connectivity index (χ0n) is 19.2. The highest BCUT2D eigenvalue weighted by molar-refractivity contribution is 6.07. The fourth-order valence-electron chi connectivity index (χ4n) is 4.83. The molecule has 0 aliphatic carbocycles. The average Bonchev–Trinajstić information content (AvgIpc) is 3.44. The van der Waals surface area contributed by atoms with Gasteiger partial charge in [-0.2, -0.15) is 0 Å². The van der Waals surface area contributed by atoms with Crippen molar-refractivity contribution in [3.8, 4) is 11.3 Å². The van der Waals surface area contributed by atoms with Gasteiger partial charge >= 0.3 is 0 Å². The molecule has 4 aromatic rings. The lowest BCUT2D eigenvalue weighted by atomic mass is 9.99. The molecule has 0 aromatic carbocycles. The number of aryl methyl sites for hydroxylation is 1. The number of nitrogens with zero attached hydrogens (tertiary/aromatic N) is 5. The minimum atomic E-state index is -0.105. The van der Waals surface area contributed by atoms with E-state index in [1.807, 2.05) is 31.5 Å². The fraction of sp³-hybridized carbons (Fsp3) is 0.280. The number of carbonyl (C=O) groups excluding carboxylic acids is 1. The summed E-state index contributed by atoms with van der Waals surface area (Å²) < 4.78 is 0. The molecule has 1 saturated heterocycles. The van der Waals surface area contributed by atoms with Crippen molar-refractivity contribution in [2.75, 3.05) is 43.4 Å². The van der Waals surface area contributed by atoms with Gasteiger partial charge in [-0.15, -0.1) is 0 Å². The molecule has 0 spiro atoms. The van der Waals surface area contributed by atoms with Crippen molar-refractivity contribution in [2.24, 2.45) is 0 Å². The molecule has 0 bridgehead atoms. The van der Waals surface area contributed by atoms with Gasteiger partial charge in [0.25, 0.3) is 5.91 Å². The maximum absolute atomic E-state index is 12.8.